The maximum absolute atomic E-state index is 13.3. The van der Waals surface area contributed by atoms with Gasteiger partial charge >= 0.3 is 5.97 Å². The van der Waals surface area contributed by atoms with Gasteiger partial charge in [-0.25, -0.2) is 4.39 Å². The van der Waals surface area contributed by atoms with E-state index in [1.54, 1.807) is 18.3 Å². The van der Waals surface area contributed by atoms with Gasteiger partial charge in [-0.05, 0) is 49.1 Å². The topological polar surface area (TPSA) is 53.4 Å². The molecule has 1 aliphatic heterocycles. The first-order valence-corrected chi connectivity index (χ1v) is 7.73. The Kier molecular flexibility index (Phi) is 4.39. The normalized spacial score (nSPS) is 19.7. The van der Waals surface area contributed by atoms with E-state index in [0.717, 1.165) is 23.2 Å². The third-order valence-corrected chi connectivity index (χ3v) is 4.31. The smallest absolute Gasteiger partial charge is 0.320 e. The zero-order valence-corrected chi connectivity index (χ0v) is 12.9. The van der Waals surface area contributed by atoms with Crippen molar-refractivity contribution in [1.82, 2.24) is 9.88 Å². The molecule has 1 aromatic heterocycles. The van der Waals surface area contributed by atoms with Crippen LogP contribution in [-0.4, -0.2) is 33.5 Å². The first kappa shape index (κ1) is 15.6. The number of aromatic nitrogens is 1. The van der Waals surface area contributed by atoms with Crippen molar-refractivity contribution in [3.8, 4) is 0 Å². The van der Waals surface area contributed by atoms with Gasteiger partial charge in [-0.2, -0.15) is 0 Å². The Morgan fingerprint density at radius 3 is 2.65 bits per heavy atom. The number of carboxylic acid groups (broad SMARTS) is 1. The van der Waals surface area contributed by atoms with Gasteiger partial charge in [0.15, 0.2) is 0 Å². The summed E-state index contributed by atoms with van der Waals surface area (Å²) in [5, 5.41) is 9.49. The van der Waals surface area contributed by atoms with Gasteiger partial charge in [-0.15, -0.1) is 0 Å². The van der Waals surface area contributed by atoms with Crippen LogP contribution >= 0.6 is 0 Å². The van der Waals surface area contributed by atoms with E-state index in [9.17, 15) is 14.3 Å². The minimum atomic E-state index is -0.818. The number of aryl methyl sites for hydroxylation is 1. The molecule has 23 heavy (non-hydrogen) atoms. The lowest BCUT2D eigenvalue weighted by atomic mass is 10.00. The van der Waals surface area contributed by atoms with Crippen molar-refractivity contribution in [3.63, 3.8) is 0 Å². The summed E-state index contributed by atoms with van der Waals surface area (Å²) in [7, 11) is 0. The van der Waals surface area contributed by atoms with Crippen molar-refractivity contribution in [2.24, 2.45) is 0 Å². The van der Waals surface area contributed by atoms with Crippen LogP contribution in [0.4, 0.5) is 4.39 Å². The fourth-order valence-corrected chi connectivity index (χ4v) is 3.18. The van der Waals surface area contributed by atoms with Gasteiger partial charge in [0.1, 0.15) is 11.9 Å². The van der Waals surface area contributed by atoms with Crippen LogP contribution in [0.3, 0.4) is 0 Å². The molecular formula is C18H19FN2O2. The second-order valence-corrected chi connectivity index (χ2v) is 5.95. The summed E-state index contributed by atoms with van der Waals surface area (Å²) in [4.78, 5) is 18.0. The number of benzene rings is 1. The molecule has 2 unspecified atom stereocenters. The van der Waals surface area contributed by atoms with Gasteiger partial charge in [0.05, 0.1) is 11.7 Å². The van der Waals surface area contributed by atoms with E-state index < -0.39 is 12.0 Å². The fourth-order valence-electron chi connectivity index (χ4n) is 3.18. The first-order valence-electron chi connectivity index (χ1n) is 7.73. The highest BCUT2D eigenvalue weighted by atomic mass is 19.1. The monoisotopic (exact) mass is 314 g/mol. The number of hydrogen-bond acceptors (Lipinski definition) is 3. The minimum absolute atomic E-state index is 0.278. The average molecular weight is 314 g/mol. The van der Waals surface area contributed by atoms with Crippen molar-refractivity contribution in [3.05, 3.63) is 65.2 Å². The molecule has 0 saturated carbocycles. The van der Waals surface area contributed by atoms with Gasteiger partial charge in [0, 0.05) is 12.7 Å². The van der Waals surface area contributed by atoms with Crippen LogP contribution in [0, 0.1) is 12.7 Å². The molecular weight excluding hydrogens is 295 g/mol. The van der Waals surface area contributed by atoms with E-state index in [2.05, 4.69) is 4.98 Å². The maximum atomic E-state index is 13.3. The van der Waals surface area contributed by atoms with Gasteiger partial charge in [-0.3, -0.25) is 14.7 Å². The predicted octanol–water partition coefficient (Wildman–Crippen LogP) is 3.17. The Morgan fingerprint density at radius 1 is 1.30 bits per heavy atom. The van der Waals surface area contributed by atoms with Crippen LogP contribution in [0.1, 0.15) is 35.7 Å². The van der Waals surface area contributed by atoms with Gasteiger partial charge in [-0.1, -0.05) is 18.2 Å². The number of halogens is 1. The molecule has 1 fully saturated rings. The molecule has 5 heteroatoms. The standard InChI is InChI=1S/C18H19FN2O2/c1-12-4-9-15(20-11-12)17(13-5-7-14(19)8-6-13)21-10-2-3-16(21)18(22)23/h4-9,11,16-17H,2-3,10H2,1H3,(H,22,23). The van der Waals surface area contributed by atoms with Crippen LogP contribution in [0.15, 0.2) is 42.6 Å². The third kappa shape index (κ3) is 3.24. The lowest BCUT2D eigenvalue weighted by Crippen LogP contribution is -2.39. The summed E-state index contributed by atoms with van der Waals surface area (Å²) >= 11 is 0. The molecule has 1 aliphatic rings. The molecule has 4 nitrogen and oxygen atoms in total. The van der Waals surface area contributed by atoms with E-state index in [1.807, 2.05) is 24.0 Å². The maximum Gasteiger partial charge on any atom is 0.320 e. The SMILES string of the molecule is Cc1ccc(C(c2ccc(F)cc2)N2CCCC2C(=O)O)nc1. The number of carbonyl (C=O) groups is 1. The Labute approximate surface area is 134 Å². The molecule has 3 rings (SSSR count). The number of rotatable bonds is 4. The number of aliphatic carboxylic acids is 1. The molecule has 1 aromatic carbocycles. The predicted molar refractivity (Wildman–Crippen MR) is 84.6 cm³/mol. The number of nitrogens with zero attached hydrogens (tertiary/aromatic N) is 2. The molecule has 0 bridgehead atoms. The van der Waals surface area contributed by atoms with E-state index in [0.29, 0.717) is 13.0 Å². The number of pyridine rings is 1. The van der Waals surface area contributed by atoms with Crippen LogP contribution in [0.2, 0.25) is 0 Å². The molecule has 2 atom stereocenters. The van der Waals surface area contributed by atoms with E-state index in [1.165, 1.54) is 12.1 Å². The third-order valence-electron chi connectivity index (χ3n) is 4.31. The second kappa shape index (κ2) is 6.46. The lowest BCUT2D eigenvalue weighted by molar-refractivity contribution is -0.142. The van der Waals surface area contributed by atoms with Crippen LogP contribution in [0.25, 0.3) is 0 Å². The Balaban J connectivity index is 2.04. The average Bonchev–Trinajstić information content (AvgIpc) is 3.01. The van der Waals surface area contributed by atoms with Gasteiger partial charge in [0.2, 0.25) is 0 Å². The van der Waals surface area contributed by atoms with Crippen LogP contribution in [-0.2, 0) is 4.79 Å². The number of carboxylic acids is 1. The van der Waals surface area contributed by atoms with Crippen LogP contribution in [0.5, 0.6) is 0 Å². The van der Waals surface area contributed by atoms with Crippen molar-refractivity contribution in [2.75, 3.05) is 6.54 Å². The van der Waals surface area contributed by atoms with Crippen molar-refractivity contribution < 1.29 is 14.3 Å². The van der Waals surface area contributed by atoms with E-state index in [4.69, 9.17) is 0 Å². The molecule has 0 amide bonds. The Hall–Kier alpha value is -2.27. The summed E-state index contributed by atoms with van der Waals surface area (Å²) in [6.45, 7) is 2.65. The fraction of sp³-hybridized carbons (Fsp3) is 0.333. The van der Waals surface area contributed by atoms with Gasteiger partial charge in [0.25, 0.3) is 0 Å². The highest BCUT2D eigenvalue weighted by molar-refractivity contribution is 5.74. The molecule has 2 aromatic rings. The second-order valence-electron chi connectivity index (χ2n) is 5.95. The van der Waals surface area contributed by atoms with E-state index in [-0.39, 0.29) is 11.9 Å². The molecule has 1 saturated heterocycles. The highest BCUT2D eigenvalue weighted by Crippen LogP contribution is 2.34. The molecule has 120 valence electrons. The van der Waals surface area contributed by atoms with Crippen molar-refractivity contribution in [1.29, 1.82) is 0 Å². The lowest BCUT2D eigenvalue weighted by Gasteiger charge is -2.31. The zero-order valence-electron chi connectivity index (χ0n) is 12.9. The molecule has 0 radical (unpaired) electrons. The summed E-state index contributed by atoms with van der Waals surface area (Å²) in [5.41, 5.74) is 2.69. The molecule has 1 N–H and O–H groups in total. The first-order chi connectivity index (χ1) is 11.1. The van der Waals surface area contributed by atoms with Crippen LogP contribution < -0.4 is 0 Å². The quantitative estimate of drug-likeness (QED) is 0.942. The highest BCUT2D eigenvalue weighted by Gasteiger charge is 2.37. The number of hydrogen-bond donors (Lipinski definition) is 1. The number of likely N-dealkylation sites (tertiary alicyclic amines) is 1. The summed E-state index contributed by atoms with van der Waals surface area (Å²) in [5.74, 6) is -1.12. The Bertz CT molecular complexity index is 640. The minimum Gasteiger partial charge on any atom is -0.480 e. The Morgan fingerprint density at radius 2 is 2.04 bits per heavy atom. The van der Waals surface area contributed by atoms with Crippen molar-refractivity contribution in [2.45, 2.75) is 31.8 Å². The molecule has 0 spiro atoms. The molecule has 2 heterocycles. The summed E-state index contributed by atoms with van der Waals surface area (Å²) in [6.07, 6.45) is 3.23. The molecule has 0 aliphatic carbocycles. The summed E-state index contributed by atoms with van der Waals surface area (Å²) in [6, 6.07) is 9.29. The van der Waals surface area contributed by atoms with Gasteiger partial charge < -0.3 is 5.11 Å². The van der Waals surface area contributed by atoms with Crippen molar-refractivity contribution >= 4 is 5.97 Å². The summed E-state index contributed by atoms with van der Waals surface area (Å²) < 4.78 is 13.3. The zero-order chi connectivity index (χ0) is 16.4. The van der Waals surface area contributed by atoms with E-state index >= 15 is 0 Å². The largest absolute Gasteiger partial charge is 0.480 e.